The van der Waals surface area contributed by atoms with Gasteiger partial charge >= 0.3 is 0 Å². The summed E-state index contributed by atoms with van der Waals surface area (Å²) >= 11 is 5.85. The van der Waals surface area contributed by atoms with E-state index in [4.69, 9.17) is 21.2 Å². The standard InChI is InChI=1S/C14H18ClN3O2/c1-2-18(8-3-9-19)10-13-16-14(17-20-13)11-4-6-12(15)7-5-11/h4-7,19H,2-3,8-10H2,1H3. The van der Waals surface area contributed by atoms with Crippen LogP contribution in [0.3, 0.4) is 0 Å². The van der Waals surface area contributed by atoms with E-state index < -0.39 is 0 Å². The molecular formula is C14H18ClN3O2. The number of nitrogens with zero attached hydrogens (tertiary/aromatic N) is 3. The van der Waals surface area contributed by atoms with Crippen molar-refractivity contribution in [3.63, 3.8) is 0 Å². The van der Waals surface area contributed by atoms with Crippen LogP contribution in [0.2, 0.25) is 5.02 Å². The summed E-state index contributed by atoms with van der Waals surface area (Å²) in [5.41, 5.74) is 0.878. The van der Waals surface area contributed by atoms with Crippen LogP contribution in [0.1, 0.15) is 19.2 Å². The largest absolute Gasteiger partial charge is 0.396 e. The fourth-order valence-corrected chi connectivity index (χ4v) is 2.00. The minimum atomic E-state index is 0.191. The molecule has 2 rings (SSSR count). The molecule has 108 valence electrons. The molecule has 0 spiro atoms. The lowest BCUT2D eigenvalue weighted by molar-refractivity contribution is 0.205. The molecule has 0 radical (unpaired) electrons. The summed E-state index contributed by atoms with van der Waals surface area (Å²) in [4.78, 5) is 6.53. The number of aromatic nitrogens is 2. The van der Waals surface area contributed by atoms with Crippen molar-refractivity contribution in [2.75, 3.05) is 19.7 Å². The van der Waals surface area contributed by atoms with Crippen molar-refractivity contribution < 1.29 is 9.63 Å². The van der Waals surface area contributed by atoms with Crippen molar-refractivity contribution in [1.82, 2.24) is 15.0 Å². The molecule has 0 aliphatic carbocycles. The second kappa shape index (κ2) is 7.38. The summed E-state index contributed by atoms with van der Waals surface area (Å²) < 4.78 is 5.26. The predicted molar refractivity (Wildman–Crippen MR) is 77.4 cm³/mol. The maximum Gasteiger partial charge on any atom is 0.241 e. The highest BCUT2D eigenvalue weighted by Gasteiger charge is 2.11. The smallest absolute Gasteiger partial charge is 0.241 e. The summed E-state index contributed by atoms with van der Waals surface area (Å²) in [5, 5.41) is 13.5. The number of benzene rings is 1. The Morgan fingerprint density at radius 2 is 2.05 bits per heavy atom. The van der Waals surface area contributed by atoms with Gasteiger partial charge in [-0.25, -0.2) is 0 Å². The lowest BCUT2D eigenvalue weighted by Crippen LogP contribution is -2.24. The highest BCUT2D eigenvalue weighted by atomic mass is 35.5. The van der Waals surface area contributed by atoms with Crippen LogP contribution < -0.4 is 0 Å². The number of aliphatic hydroxyl groups is 1. The molecule has 0 atom stereocenters. The molecule has 1 heterocycles. The Hall–Kier alpha value is -1.43. The minimum absolute atomic E-state index is 0.191. The Labute approximate surface area is 123 Å². The van der Waals surface area contributed by atoms with Gasteiger partial charge in [0.25, 0.3) is 0 Å². The van der Waals surface area contributed by atoms with E-state index in [1.165, 1.54) is 0 Å². The summed E-state index contributed by atoms with van der Waals surface area (Å²) in [5.74, 6) is 1.14. The highest BCUT2D eigenvalue weighted by molar-refractivity contribution is 6.30. The predicted octanol–water partition coefficient (Wildman–Crippen LogP) is 2.59. The molecule has 1 N–H and O–H groups in total. The van der Waals surface area contributed by atoms with Gasteiger partial charge in [0.05, 0.1) is 6.54 Å². The highest BCUT2D eigenvalue weighted by Crippen LogP contribution is 2.19. The molecule has 0 bridgehead atoms. The molecule has 0 aliphatic heterocycles. The third kappa shape index (κ3) is 4.03. The van der Waals surface area contributed by atoms with Gasteiger partial charge in [0, 0.05) is 23.7 Å². The number of hydrogen-bond donors (Lipinski definition) is 1. The Morgan fingerprint density at radius 1 is 1.30 bits per heavy atom. The van der Waals surface area contributed by atoms with Crippen LogP contribution in [-0.2, 0) is 6.54 Å². The first-order valence-electron chi connectivity index (χ1n) is 6.64. The molecule has 5 nitrogen and oxygen atoms in total. The van der Waals surface area contributed by atoms with E-state index in [9.17, 15) is 0 Å². The lowest BCUT2D eigenvalue weighted by atomic mass is 10.2. The van der Waals surface area contributed by atoms with E-state index in [1.54, 1.807) is 12.1 Å². The number of hydrogen-bond acceptors (Lipinski definition) is 5. The van der Waals surface area contributed by atoms with E-state index in [2.05, 4.69) is 22.0 Å². The van der Waals surface area contributed by atoms with Crippen LogP contribution in [0.25, 0.3) is 11.4 Å². The van der Waals surface area contributed by atoms with Crippen LogP contribution in [0, 0.1) is 0 Å². The van der Waals surface area contributed by atoms with Gasteiger partial charge in [-0.15, -0.1) is 0 Å². The van der Waals surface area contributed by atoms with Gasteiger partial charge in [-0.1, -0.05) is 23.7 Å². The van der Waals surface area contributed by atoms with Crippen molar-refractivity contribution in [3.05, 3.63) is 35.2 Å². The maximum absolute atomic E-state index is 8.86. The zero-order chi connectivity index (χ0) is 14.4. The van der Waals surface area contributed by atoms with Gasteiger partial charge in [0.15, 0.2) is 0 Å². The van der Waals surface area contributed by atoms with Crippen molar-refractivity contribution in [1.29, 1.82) is 0 Å². The van der Waals surface area contributed by atoms with E-state index in [0.29, 0.717) is 23.3 Å². The summed E-state index contributed by atoms with van der Waals surface area (Å²) in [6.07, 6.45) is 0.742. The summed E-state index contributed by atoms with van der Waals surface area (Å²) in [7, 11) is 0. The van der Waals surface area contributed by atoms with E-state index >= 15 is 0 Å². The molecular weight excluding hydrogens is 278 g/mol. The lowest BCUT2D eigenvalue weighted by Gasteiger charge is -2.16. The molecule has 20 heavy (non-hydrogen) atoms. The molecule has 6 heteroatoms. The zero-order valence-electron chi connectivity index (χ0n) is 11.4. The molecule has 2 aromatic rings. The monoisotopic (exact) mass is 295 g/mol. The maximum atomic E-state index is 8.86. The van der Waals surface area contributed by atoms with Crippen molar-refractivity contribution in [2.24, 2.45) is 0 Å². The Balaban J connectivity index is 2.02. The second-order valence-corrected chi connectivity index (χ2v) is 4.90. The first-order chi connectivity index (χ1) is 9.72. The number of halogens is 1. The fraction of sp³-hybridized carbons (Fsp3) is 0.429. The zero-order valence-corrected chi connectivity index (χ0v) is 12.2. The van der Waals surface area contributed by atoms with Gasteiger partial charge < -0.3 is 9.63 Å². The average molecular weight is 296 g/mol. The van der Waals surface area contributed by atoms with Crippen molar-refractivity contribution >= 4 is 11.6 Å². The van der Waals surface area contributed by atoms with Crippen LogP contribution in [0.15, 0.2) is 28.8 Å². The van der Waals surface area contributed by atoms with E-state index in [-0.39, 0.29) is 6.61 Å². The Morgan fingerprint density at radius 3 is 2.70 bits per heavy atom. The molecule has 0 saturated heterocycles. The SMILES string of the molecule is CCN(CCCO)Cc1nc(-c2ccc(Cl)cc2)no1. The summed E-state index contributed by atoms with van der Waals surface area (Å²) in [6.45, 7) is 4.53. The molecule has 1 aromatic carbocycles. The van der Waals surface area contributed by atoms with Gasteiger partial charge in [0.2, 0.25) is 11.7 Å². The molecule has 0 unspecified atom stereocenters. The van der Waals surface area contributed by atoms with Gasteiger partial charge in [-0.2, -0.15) is 4.98 Å². The van der Waals surface area contributed by atoms with E-state index in [1.807, 2.05) is 12.1 Å². The molecule has 0 fully saturated rings. The van der Waals surface area contributed by atoms with E-state index in [0.717, 1.165) is 25.1 Å². The molecule has 0 saturated carbocycles. The Kier molecular flexibility index (Phi) is 5.52. The van der Waals surface area contributed by atoms with Crippen LogP contribution in [0.4, 0.5) is 0 Å². The quantitative estimate of drug-likeness (QED) is 0.850. The first-order valence-corrected chi connectivity index (χ1v) is 7.02. The molecule has 0 aliphatic rings. The van der Waals surface area contributed by atoms with Crippen LogP contribution in [-0.4, -0.2) is 39.8 Å². The van der Waals surface area contributed by atoms with Crippen LogP contribution in [0.5, 0.6) is 0 Å². The number of rotatable bonds is 7. The minimum Gasteiger partial charge on any atom is -0.396 e. The Bertz CT molecular complexity index is 527. The van der Waals surface area contributed by atoms with Crippen LogP contribution >= 0.6 is 11.6 Å². The topological polar surface area (TPSA) is 62.4 Å². The fourth-order valence-electron chi connectivity index (χ4n) is 1.87. The molecule has 1 aromatic heterocycles. The third-order valence-corrected chi connectivity index (χ3v) is 3.26. The second-order valence-electron chi connectivity index (χ2n) is 4.46. The first kappa shape index (κ1) is 15.0. The molecule has 0 amide bonds. The average Bonchev–Trinajstić information content (AvgIpc) is 2.92. The van der Waals surface area contributed by atoms with Gasteiger partial charge in [-0.05, 0) is 37.2 Å². The van der Waals surface area contributed by atoms with Crippen molar-refractivity contribution in [2.45, 2.75) is 19.9 Å². The van der Waals surface area contributed by atoms with Crippen molar-refractivity contribution in [3.8, 4) is 11.4 Å². The number of aliphatic hydroxyl groups excluding tert-OH is 1. The van der Waals surface area contributed by atoms with Gasteiger partial charge in [0.1, 0.15) is 0 Å². The normalized spacial score (nSPS) is 11.2. The summed E-state index contributed by atoms with van der Waals surface area (Å²) in [6, 6.07) is 7.32. The van der Waals surface area contributed by atoms with Gasteiger partial charge in [-0.3, -0.25) is 4.90 Å². The third-order valence-electron chi connectivity index (χ3n) is 3.01.